The largest absolute Gasteiger partial charge is 0.303 e. The summed E-state index contributed by atoms with van der Waals surface area (Å²) in [5, 5.41) is 3.44. The lowest BCUT2D eigenvalue weighted by atomic mass is 10.1. The minimum atomic E-state index is 0.188. The Labute approximate surface area is 91.9 Å². The molecule has 1 aromatic rings. The highest BCUT2D eigenvalue weighted by Gasteiger charge is 2.21. The first-order valence-corrected chi connectivity index (χ1v) is 5.62. The Bertz CT molecular complexity index is 332. The molecule has 1 N–H and O–H groups in total. The topological polar surface area (TPSA) is 12.0 Å². The van der Waals surface area contributed by atoms with E-state index in [1.807, 2.05) is 6.07 Å². The number of hydrogen-bond donors (Lipinski definition) is 1. The Morgan fingerprint density at radius 1 is 1.33 bits per heavy atom. The molecular weight excluding hydrogens is 182 g/mol. The maximum absolute atomic E-state index is 5.51. The summed E-state index contributed by atoms with van der Waals surface area (Å²) in [6.45, 7) is 1.09. The van der Waals surface area contributed by atoms with Gasteiger partial charge in [-0.05, 0) is 37.3 Å². The van der Waals surface area contributed by atoms with Crippen LogP contribution in [0.4, 0.5) is 0 Å². The zero-order valence-electron chi connectivity index (χ0n) is 8.95. The van der Waals surface area contributed by atoms with Crippen molar-refractivity contribution in [1.82, 2.24) is 5.32 Å². The van der Waals surface area contributed by atoms with Gasteiger partial charge < -0.3 is 5.32 Å². The minimum Gasteiger partial charge on any atom is -0.303 e. The second-order valence-electron chi connectivity index (χ2n) is 4.26. The molecule has 1 aliphatic rings. The van der Waals surface area contributed by atoms with Crippen LogP contribution in [0, 0.1) is 18.3 Å². The van der Waals surface area contributed by atoms with E-state index >= 15 is 0 Å². The monoisotopic (exact) mass is 199 g/mol. The Kier molecular flexibility index (Phi) is 3.42. The summed E-state index contributed by atoms with van der Waals surface area (Å²) < 4.78 is 0. The van der Waals surface area contributed by atoms with Crippen molar-refractivity contribution < 1.29 is 0 Å². The summed E-state index contributed by atoms with van der Waals surface area (Å²) in [4.78, 5) is 0. The van der Waals surface area contributed by atoms with Crippen LogP contribution >= 0.6 is 0 Å². The van der Waals surface area contributed by atoms with E-state index in [9.17, 15) is 0 Å². The molecule has 0 spiro atoms. The molecule has 0 aromatic heterocycles. The van der Waals surface area contributed by atoms with Crippen LogP contribution in [0.15, 0.2) is 30.3 Å². The molecule has 1 unspecified atom stereocenters. The summed E-state index contributed by atoms with van der Waals surface area (Å²) >= 11 is 0. The molecular formula is C14H17N. The molecule has 1 saturated carbocycles. The molecule has 78 valence electrons. The lowest BCUT2D eigenvalue weighted by Gasteiger charge is -2.12. The average molecular weight is 199 g/mol. The lowest BCUT2D eigenvalue weighted by Crippen LogP contribution is -2.31. The van der Waals surface area contributed by atoms with Gasteiger partial charge >= 0.3 is 0 Å². The van der Waals surface area contributed by atoms with E-state index in [0.29, 0.717) is 0 Å². The summed E-state index contributed by atoms with van der Waals surface area (Å²) in [5.74, 6) is 3.71. The van der Waals surface area contributed by atoms with Gasteiger partial charge in [0.2, 0.25) is 0 Å². The minimum absolute atomic E-state index is 0.188. The highest BCUT2D eigenvalue weighted by molar-refractivity contribution is 5.18. The van der Waals surface area contributed by atoms with E-state index < -0.39 is 0 Å². The SMILES string of the molecule is C#CC(Cc1ccccc1)NCC1CC1. The van der Waals surface area contributed by atoms with Gasteiger partial charge in [0.15, 0.2) is 0 Å². The number of rotatable bonds is 5. The van der Waals surface area contributed by atoms with Gasteiger partial charge in [0.05, 0.1) is 6.04 Å². The van der Waals surface area contributed by atoms with E-state index in [1.54, 1.807) is 0 Å². The molecule has 0 radical (unpaired) electrons. The summed E-state index contributed by atoms with van der Waals surface area (Å²) in [6.07, 6.45) is 9.19. The fourth-order valence-electron chi connectivity index (χ4n) is 1.67. The van der Waals surface area contributed by atoms with E-state index in [-0.39, 0.29) is 6.04 Å². The van der Waals surface area contributed by atoms with E-state index in [1.165, 1.54) is 18.4 Å². The predicted molar refractivity (Wildman–Crippen MR) is 63.5 cm³/mol. The first-order chi connectivity index (χ1) is 7.38. The second kappa shape index (κ2) is 5.00. The van der Waals surface area contributed by atoms with Crippen LogP contribution in [-0.2, 0) is 6.42 Å². The highest BCUT2D eigenvalue weighted by Crippen LogP contribution is 2.27. The third kappa shape index (κ3) is 3.42. The number of hydrogen-bond acceptors (Lipinski definition) is 1. The van der Waals surface area contributed by atoms with Crippen molar-refractivity contribution in [2.45, 2.75) is 25.3 Å². The summed E-state index contributed by atoms with van der Waals surface area (Å²) in [5.41, 5.74) is 1.31. The summed E-state index contributed by atoms with van der Waals surface area (Å²) in [6, 6.07) is 10.6. The van der Waals surface area contributed by atoms with Gasteiger partial charge in [-0.25, -0.2) is 0 Å². The van der Waals surface area contributed by atoms with Crippen molar-refractivity contribution in [3.63, 3.8) is 0 Å². The van der Waals surface area contributed by atoms with Gasteiger partial charge in [0.1, 0.15) is 0 Å². The lowest BCUT2D eigenvalue weighted by molar-refractivity contribution is 0.574. The van der Waals surface area contributed by atoms with Crippen molar-refractivity contribution in [3.8, 4) is 12.3 Å². The van der Waals surface area contributed by atoms with Crippen molar-refractivity contribution in [1.29, 1.82) is 0 Å². The molecule has 15 heavy (non-hydrogen) atoms. The van der Waals surface area contributed by atoms with Crippen molar-refractivity contribution in [2.24, 2.45) is 5.92 Å². The van der Waals surface area contributed by atoms with Crippen molar-refractivity contribution in [3.05, 3.63) is 35.9 Å². The van der Waals surface area contributed by atoms with Gasteiger partial charge in [-0.3, -0.25) is 0 Å². The van der Waals surface area contributed by atoms with Crippen molar-refractivity contribution in [2.75, 3.05) is 6.54 Å². The van der Waals surface area contributed by atoms with Crippen LogP contribution in [0.2, 0.25) is 0 Å². The molecule has 0 aliphatic heterocycles. The van der Waals surface area contributed by atoms with E-state index in [2.05, 4.69) is 35.5 Å². The van der Waals surface area contributed by atoms with Gasteiger partial charge in [-0.1, -0.05) is 36.3 Å². The molecule has 1 heteroatoms. The highest BCUT2D eigenvalue weighted by atomic mass is 14.9. The van der Waals surface area contributed by atoms with E-state index in [0.717, 1.165) is 18.9 Å². The first-order valence-electron chi connectivity index (χ1n) is 5.62. The van der Waals surface area contributed by atoms with Crippen LogP contribution in [0.3, 0.4) is 0 Å². The third-order valence-electron chi connectivity index (χ3n) is 2.83. The van der Waals surface area contributed by atoms with Gasteiger partial charge in [-0.15, -0.1) is 6.42 Å². The Morgan fingerprint density at radius 2 is 2.07 bits per heavy atom. The molecule has 0 heterocycles. The van der Waals surface area contributed by atoms with Crippen LogP contribution < -0.4 is 5.32 Å². The van der Waals surface area contributed by atoms with Crippen molar-refractivity contribution >= 4 is 0 Å². The standard InChI is InChI=1S/C14H17N/c1-2-14(15-11-13-8-9-13)10-12-6-4-3-5-7-12/h1,3-7,13-15H,8-11H2. The molecule has 0 amide bonds. The third-order valence-corrected chi connectivity index (χ3v) is 2.83. The quantitative estimate of drug-likeness (QED) is 0.717. The number of benzene rings is 1. The maximum Gasteiger partial charge on any atom is 0.0727 e. The normalized spacial score (nSPS) is 17.0. The first kappa shape index (κ1) is 10.3. The maximum atomic E-state index is 5.51. The molecule has 2 rings (SSSR count). The molecule has 1 aromatic carbocycles. The Morgan fingerprint density at radius 3 is 2.67 bits per heavy atom. The summed E-state index contributed by atoms with van der Waals surface area (Å²) in [7, 11) is 0. The molecule has 1 aliphatic carbocycles. The molecule has 1 nitrogen and oxygen atoms in total. The number of nitrogens with one attached hydrogen (secondary N) is 1. The van der Waals surface area contributed by atoms with Crippen LogP contribution in [-0.4, -0.2) is 12.6 Å². The zero-order chi connectivity index (χ0) is 10.5. The van der Waals surface area contributed by atoms with Crippen LogP contribution in [0.25, 0.3) is 0 Å². The van der Waals surface area contributed by atoms with E-state index in [4.69, 9.17) is 6.42 Å². The molecule has 1 fully saturated rings. The van der Waals surface area contributed by atoms with Gasteiger partial charge in [0.25, 0.3) is 0 Å². The molecule has 0 bridgehead atoms. The predicted octanol–water partition coefficient (Wildman–Crippen LogP) is 2.23. The molecule has 1 atom stereocenters. The average Bonchev–Trinajstić information content (AvgIpc) is 3.09. The van der Waals surface area contributed by atoms with Gasteiger partial charge in [0, 0.05) is 0 Å². The molecule has 0 saturated heterocycles. The van der Waals surface area contributed by atoms with Gasteiger partial charge in [-0.2, -0.15) is 0 Å². The Balaban J connectivity index is 1.82. The smallest absolute Gasteiger partial charge is 0.0727 e. The fourth-order valence-corrected chi connectivity index (χ4v) is 1.67. The van der Waals surface area contributed by atoms with Crippen LogP contribution in [0.5, 0.6) is 0 Å². The zero-order valence-corrected chi connectivity index (χ0v) is 8.95. The van der Waals surface area contributed by atoms with Crippen LogP contribution in [0.1, 0.15) is 18.4 Å². The Hall–Kier alpha value is -1.26. The number of terminal acetylenes is 1. The second-order valence-corrected chi connectivity index (χ2v) is 4.26. The fraction of sp³-hybridized carbons (Fsp3) is 0.429.